The summed E-state index contributed by atoms with van der Waals surface area (Å²) < 4.78 is 19.3. The standard InChI is InChI=1S/C16H11Cl2FO/c17-10-4-6-12-5-1-2-9-16(12)20-11-13-14(18)7-3-8-15(13)19/h1-3,5,7-9H,10-11H2. The van der Waals surface area contributed by atoms with Crippen LogP contribution in [0.25, 0.3) is 0 Å². The van der Waals surface area contributed by atoms with Crippen molar-refractivity contribution < 1.29 is 9.13 Å². The monoisotopic (exact) mass is 308 g/mol. The minimum Gasteiger partial charge on any atom is -0.487 e. The van der Waals surface area contributed by atoms with E-state index in [1.165, 1.54) is 6.07 Å². The lowest BCUT2D eigenvalue weighted by Gasteiger charge is -2.10. The van der Waals surface area contributed by atoms with Crippen molar-refractivity contribution >= 4 is 23.2 Å². The van der Waals surface area contributed by atoms with Crippen LogP contribution in [0.4, 0.5) is 4.39 Å². The first-order chi connectivity index (χ1) is 9.72. The molecule has 0 aliphatic rings. The van der Waals surface area contributed by atoms with Gasteiger partial charge in [-0.05, 0) is 24.3 Å². The summed E-state index contributed by atoms with van der Waals surface area (Å²) in [6.07, 6.45) is 0. The number of hydrogen-bond donors (Lipinski definition) is 0. The Morgan fingerprint density at radius 1 is 1.10 bits per heavy atom. The molecule has 0 aliphatic heterocycles. The highest BCUT2D eigenvalue weighted by Crippen LogP contribution is 2.23. The quantitative estimate of drug-likeness (QED) is 0.592. The Labute approximate surface area is 127 Å². The van der Waals surface area contributed by atoms with Crippen LogP contribution in [0.15, 0.2) is 42.5 Å². The van der Waals surface area contributed by atoms with E-state index in [1.54, 1.807) is 18.2 Å². The van der Waals surface area contributed by atoms with E-state index in [-0.39, 0.29) is 18.3 Å². The SMILES string of the molecule is Fc1cccc(Cl)c1COc1ccccc1C#CCCl. The van der Waals surface area contributed by atoms with Gasteiger partial charge in [0.1, 0.15) is 18.2 Å². The summed E-state index contributed by atoms with van der Waals surface area (Å²) in [5.41, 5.74) is 1.04. The van der Waals surface area contributed by atoms with Crippen molar-refractivity contribution in [2.75, 3.05) is 5.88 Å². The third kappa shape index (κ3) is 3.66. The zero-order valence-corrected chi connectivity index (χ0v) is 12.0. The topological polar surface area (TPSA) is 9.23 Å². The van der Waals surface area contributed by atoms with Gasteiger partial charge in [-0.2, -0.15) is 0 Å². The molecule has 0 heterocycles. The molecule has 0 spiro atoms. The Morgan fingerprint density at radius 3 is 2.65 bits per heavy atom. The van der Waals surface area contributed by atoms with Crippen LogP contribution in [0.3, 0.4) is 0 Å². The Balaban J connectivity index is 2.19. The van der Waals surface area contributed by atoms with Gasteiger partial charge in [0.15, 0.2) is 0 Å². The van der Waals surface area contributed by atoms with Crippen LogP contribution in [-0.4, -0.2) is 5.88 Å². The first-order valence-corrected chi connectivity index (χ1v) is 6.83. The van der Waals surface area contributed by atoms with Gasteiger partial charge in [0.05, 0.1) is 16.5 Å². The van der Waals surface area contributed by atoms with E-state index in [1.807, 2.05) is 18.2 Å². The van der Waals surface area contributed by atoms with Gasteiger partial charge < -0.3 is 4.74 Å². The molecule has 0 saturated carbocycles. The minimum absolute atomic E-state index is 0.0467. The molecule has 0 saturated heterocycles. The van der Waals surface area contributed by atoms with E-state index in [9.17, 15) is 4.39 Å². The van der Waals surface area contributed by atoms with Crippen molar-refractivity contribution in [1.82, 2.24) is 0 Å². The molecule has 2 aromatic carbocycles. The third-order valence-electron chi connectivity index (χ3n) is 2.61. The van der Waals surface area contributed by atoms with Crippen LogP contribution in [0, 0.1) is 17.7 Å². The number of rotatable bonds is 3. The van der Waals surface area contributed by atoms with Gasteiger partial charge in [-0.3, -0.25) is 0 Å². The molecule has 0 radical (unpaired) electrons. The first kappa shape index (κ1) is 14.7. The molecule has 2 rings (SSSR count). The fourth-order valence-electron chi connectivity index (χ4n) is 1.64. The van der Waals surface area contributed by atoms with Gasteiger partial charge >= 0.3 is 0 Å². The second-order valence-corrected chi connectivity index (χ2v) is 4.59. The molecule has 1 nitrogen and oxygen atoms in total. The summed E-state index contributed by atoms with van der Waals surface area (Å²) in [7, 11) is 0. The number of ether oxygens (including phenoxy) is 1. The summed E-state index contributed by atoms with van der Waals surface area (Å²) >= 11 is 11.5. The normalized spacial score (nSPS) is 9.75. The van der Waals surface area contributed by atoms with Gasteiger partial charge in [-0.1, -0.05) is 41.6 Å². The fraction of sp³-hybridized carbons (Fsp3) is 0.125. The lowest BCUT2D eigenvalue weighted by Crippen LogP contribution is -2.00. The van der Waals surface area contributed by atoms with E-state index in [2.05, 4.69) is 11.8 Å². The van der Waals surface area contributed by atoms with Crippen LogP contribution in [0.1, 0.15) is 11.1 Å². The Bertz CT molecular complexity index is 639. The molecule has 0 unspecified atom stereocenters. The van der Waals surface area contributed by atoms with E-state index < -0.39 is 0 Å². The van der Waals surface area contributed by atoms with E-state index in [0.29, 0.717) is 21.9 Å². The molecular weight excluding hydrogens is 298 g/mol. The van der Waals surface area contributed by atoms with Crippen molar-refractivity contribution in [3.05, 3.63) is 64.4 Å². The van der Waals surface area contributed by atoms with Gasteiger partial charge in [0, 0.05) is 5.56 Å². The average molecular weight is 309 g/mol. The van der Waals surface area contributed by atoms with Crippen LogP contribution in [0.5, 0.6) is 5.75 Å². The molecule has 0 N–H and O–H groups in total. The molecule has 0 aliphatic carbocycles. The summed E-state index contributed by atoms with van der Waals surface area (Å²) in [6, 6.07) is 11.8. The Hall–Kier alpha value is -1.69. The van der Waals surface area contributed by atoms with Crippen molar-refractivity contribution in [2.24, 2.45) is 0 Å². The molecule has 20 heavy (non-hydrogen) atoms. The lowest BCUT2D eigenvalue weighted by atomic mass is 10.2. The summed E-state index contributed by atoms with van der Waals surface area (Å²) in [5.74, 6) is 6.09. The number of hydrogen-bond acceptors (Lipinski definition) is 1. The van der Waals surface area contributed by atoms with Crippen LogP contribution in [-0.2, 0) is 6.61 Å². The van der Waals surface area contributed by atoms with Crippen LogP contribution >= 0.6 is 23.2 Å². The number of para-hydroxylation sites is 1. The highest BCUT2D eigenvalue weighted by atomic mass is 35.5. The van der Waals surface area contributed by atoms with Gasteiger partial charge in [-0.15, -0.1) is 11.6 Å². The number of halogens is 3. The van der Waals surface area contributed by atoms with Gasteiger partial charge in [-0.25, -0.2) is 4.39 Å². The Kier molecular flexibility index (Phi) is 5.29. The van der Waals surface area contributed by atoms with E-state index in [4.69, 9.17) is 27.9 Å². The molecule has 4 heteroatoms. The van der Waals surface area contributed by atoms with Crippen LogP contribution in [0.2, 0.25) is 5.02 Å². The molecule has 0 amide bonds. The highest BCUT2D eigenvalue weighted by Gasteiger charge is 2.08. The van der Waals surface area contributed by atoms with E-state index in [0.717, 1.165) is 0 Å². The predicted octanol–water partition coefficient (Wildman–Crippen LogP) is 4.65. The zero-order chi connectivity index (χ0) is 14.4. The van der Waals surface area contributed by atoms with Crippen LogP contribution < -0.4 is 4.74 Å². The Morgan fingerprint density at radius 2 is 1.90 bits per heavy atom. The smallest absolute Gasteiger partial charge is 0.135 e. The maximum atomic E-state index is 13.6. The summed E-state index contributed by atoms with van der Waals surface area (Å²) in [6.45, 7) is 0.0467. The van der Waals surface area contributed by atoms with Gasteiger partial charge in [0.2, 0.25) is 0 Å². The van der Waals surface area contributed by atoms with Crippen molar-refractivity contribution in [1.29, 1.82) is 0 Å². The zero-order valence-electron chi connectivity index (χ0n) is 10.5. The maximum absolute atomic E-state index is 13.6. The van der Waals surface area contributed by atoms with Crippen molar-refractivity contribution in [3.63, 3.8) is 0 Å². The molecule has 2 aromatic rings. The maximum Gasteiger partial charge on any atom is 0.135 e. The second-order valence-electron chi connectivity index (χ2n) is 3.92. The molecule has 0 bridgehead atoms. The average Bonchev–Trinajstić information content (AvgIpc) is 2.45. The molecule has 0 aromatic heterocycles. The highest BCUT2D eigenvalue weighted by molar-refractivity contribution is 6.31. The minimum atomic E-state index is -0.387. The van der Waals surface area contributed by atoms with Gasteiger partial charge in [0.25, 0.3) is 0 Å². The molecule has 102 valence electrons. The number of benzene rings is 2. The van der Waals surface area contributed by atoms with Crippen molar-refractivity contribution in [2.45, 2.75) is 6.61 Å². The van der Waals surface area contributed by atoms with Crippen molar-refractivity contribution in [3.8, 4) is 17.6 Å². The fourth-order valence-corrected chi connectivity index (χ4v) is 1.93. The first-order valence-electron chi connectivity index (χ1n) is 5.92. The molecule has 0 atom stereocenters. The second kappa shape index (κ2) is 7.19. The molecule has 0 fully saturated rings. The summed E-state index contributed by atoms with van der Waals surface area (Å²) in [5, 5.41) is 0.342. The molecular formula is C16H11Cl2FO. The third-order valence-corrected chi connectivity index (χ3v) is 3.10. The predicted molar refractivity (Wildman–Crippen MR) is 79.8 cm³/mol. The lowest BCUT2D eigenvalue weighted by molar-refractivity contribution is 0.299. The van der Waals surface area contributed by atoms with E-state index >= 15 is 0 Å². The number of alkyl halides is 1. The summed E-state index contributed by atoms with van der Waals surface area (Å²) in [4.78, 5) is 0. The largest absolute Gasteiger partial charge is 0.487 e.